The van der Waals surface area contributed by atoms with Crippen molar-refractivity contribution in [2.45, 2.75) is 73.6 Å². The van der Waals surface area contributed by atoms with Crippen molar-refractivity contribution < 1.29 is 39.4 Å². The molecular weight excluding hydrogens is 436 g/mol. The van der Waals surface area contributed by atoms with E-state index in [-0.39, 0.29) is 13.0 Å². The van der Waals surface area contributed by atoms with Gasteiger partial charge in [-0.05, 0) is 21.0 Å². The van der Waals surface area contributed by atoms with Crippen LogP contribution < -0.4 is 16.0 Å². The summed E-state index contributed by atoms with van der Waals surface area (Å²) in [5.74, 6) is -2.19. The second kappa shape index (κ2) is 10.2. The number of likely N-dealkylation sites (N-methyl/N-ethyl adjacent to an activating group) is 2. The third-order valence-electron chi connectivity index (χ3n) is 7.47. The van der Waals surface area contributed by atoms with Crippen LogP contribution in [0.2, 0.25) is 0 Å². The molecule has 1 saturated carbocycles. The molecular formula is C21H40N4O8. The SMILES string of the molecule is CN[C@@H]1[C@H](O)[C@H](NC)[C@H]2O[C@]3(O)[C@H](O[C@@H]2[C@H]1O)O[C@H](C)C[C@@]3(O)CNCCN1CCOCC1. The zero-order valence-corrected chi connectivity index (χ0v) is 19.6. The minimum atomic E-state index is -2.19. The quantitative estimate of drug-likeness (QED) is 0.180. The average molecular weight is 477 g/mol. The van der Waals surface area contributed by atoms with Crippen molar-refractivity contribution in [2.75, 3.05) is 60.0 Å². The summed E-state index contributed by atoms with van der Waals surface area (Å²) >= 11 is 0. The van der Waals surface area contributed by atoms with Crippen molar-refractivity contribution in [1.82, 2.24) is 20.9 Å². The molecule has 12 heteroatoms. The first-order valence-electron chi connectivity index (χ1n) is 11.9. The molecule has 0 unspecified atom stereocenters. The highest BCUT2D eigenvalue weighted by atomic mass is 16.8. The maximum Gasteiger partial charge on any atom is 0.249 e. The molecule has 0 spiro atoms. The summed E-state index contributed by atoms with van der Waals surface area (Å²) in [6, 6.07) is -1.32. The number of aliphatic hydroxyl groups excluding tert-OH is 2. The van der Waals surface area contributed by atoms with Crippen molar-refractivity contribution in [3.8, 4) is 0 Å². The van der Waals surface area contributed by atoms with Gasteiger partial charge in [-0.2, -0.15) is 0 Å². The first kappa shape index (κ1) is 25.6. The maximum atomic E-state index is 11.6. The fourth-order valence-electron chi connectivity index (χ4n) is 5.59. The van der Waals surface area contributed by atoms with E-state index in [0.717, 1.165) is 19.6 Å². The Morgan fingerprint density at radius 1 is 0.970 bits per heavy atom. The molecule has 4 rings (SSSR count). The number of nitrogens with zero attached hydrogens (tertiary/aromatic N) is 1. The van der Waals surface area contributed by atoms with E-state index >= 15 is 0 Å². The number of rotatable bonds is 7. The minimum Gasteiger partial charge on any atom is -0.390 e. The number of aliphatic hydroxyl groups is 4. The molecule has 0 aromatic heterocycles. The van der Waals surface area contributed by atoms with E-state index in [1.165, 1.54) is 0 Å². The maximum absolute atomic E-state index is 11.6. The lowest BCUT2D eigenvalue weighted by atomic mass is 9.77. The zero-order valence-electron chi connectivity index (χ0n) is 19.6. The normalized spacial score (nSPS) is 48.8. The van der Waals surface area contributed by atoms with E-state index in [2.05, 4.69) is 20.9 Å². The van der Waals surface area contributed by atoms with Gasteiger partial charge in [0.15, 0.2) is 0 Å². The molecule has 3 heterocycles. The van der Waals surface area contributed by atoms with Gasteiger partial charge < -0.3 is 55.3 Å². The molecule has 0 amide bonds. The molecule has 1 aliphatic carbocycles. The van der Waals surface area contributed by atoms with E-state index in [1.807, 2.05) is 0 Å². The number of fused-ring (bicyclic) bond motifs is 2. The van der Waals surface area contributed by atoms with Crippen LogP contribution >= 0.6 is 0 Å². The predicted molar refractivity (Wildman–Crippen MR) is 116 cm³/mol. The van der Waals surface area contributed by atoms with Crippen LogP contribution in [0, 0.1) is 0 Å². The predicted octanol–water partition coefficient (Wildman–Crippen LogP) is -3.84. The van der Waals surface area contributed by atoms with Crippen LogP contribution in [0.25, 0.3) is 0 Å². The van der Waals surface area contributed by atoms with E-state index in [1.54, 1.807) is 21.0 Å². The molecule has 192 valence electrons. The fraction of sp³-hybridized carbons (Fsp3) is 1.00. The van der Waals surface area contributed by atoms with Gasteiger partial charge in [-0.15, -0.1) is 0 Å². The standard InChI is InChI=1S/C21H40N4O8/c1-12-10-20(28,11-24-4-5-25-6-8-30-9-7-25)21(29)19(31-12)32-18-16(27)13(22-2)15(26)14(23-3)17(18)33-21/h12-19,22-24,26-29H,4-11H2,1-3H3/t12-,13-,14+,15+,16+,17-,18-,19+,20-,21-/m1/s1. The van der Waals surface area contributed by atoms with E-state index in [4.69, 9.17) is 18.9 Å². The summed E-state index contributed by atoms with van der Waals surface area (Å²) in [7, 11) is 3.30. The Balaban J connectivity index is 1.48. The summed E-state index contributed by atoms with van der Waals surface area (Å²) < 4.78 is 23.3. The van der Waals surface area contributed by atoms with Crippen molar-refractivity contribution in [2.24, 2.45) is 0 Å². The molecule has 4 fully saturated rings. The molecule has 7 N–H and O–H groups in total. The third-order valence-corrected chi connectivity index (χ3v) is 7.47. The summed E-state index contributed by atoms with van der Waals surface area (Å²) in [4.78, 5) is 2.27. The van der Waals surface area contributed by atoms with Crippen LogP contribution in [-0.4, -0.2) is 146 Å². The van der Waals surface area contributed by atoms with Gasteiger partial charge in [-0.25, -0.2) is 0 Å². The van der Waals surface area contributed by atoms with Crippen LogP contribution in [0.1, 0.15) is 13.3 Å². The van der Waals surface area contributed by atoms with Crippen molar-refractivity contribution >= 4 is 0 Å². The Bertz CT molecular complexity index is 658. The monoisotopic (exact) mass is 476 g/mol. The second-order valence-corrected chi connectivity index (χ2v) is 9.63. The van der Waals surface area contributed by atoms with Crippen LogP contribution in [0.5, 0.6) is 0 Å². The largest absolute Gasteiger partial charge is 0.390 e. The highest BCUT2D eigenvalue weighted by Gasteiger charge is 2.68. The molecule has 33 heavy (non-hydrogen) atoms. The van der Waals surface area contributed by atoms with Crippen LogP contribution in [0.15, 0.2) is 0 Å². The molecule has 10 atom stereocenters. The smallest absolute Gasteiger partial charge is 0.249 e. The van der Waals surface area contributed by atoms with Gasteiger partial charge in [-0.1, -0.05) is 0 Å². The Hall–Kier alpha value is -0.480. The average Bonchev–Trinajstić information content (AvgIpc) is 2.78. The highest BCUT2D eigenvalue weighted by molar-refractivity contribution is 5.12. The summed E-state index contributed by atoms with van der Waals surface area (Å²) in [5.41, 5.74) is -1.71. The molecule has 0 aromatic rings. The van der Waals surface area contributed by atoms with E-state index < -0.39 is 60.3 Å². The van der Waals surface area contributed by atoms with E-state index in [9.17, 15) is 20.4 Å². The van der Waals surface area contributed by atoms with Crippen LogP contribution in [0.3, 0.4) is 0 Å². The number of ether oxygens (including phenoxy) is 4. The lowest BCUT2D eigenvalue weighted by molar-refractivity contribution is -0.482. The van der Waals surface area contributed by atoms with Gasteiger partial charge in [0.05, 0.1) is 37.5 Å². The first-order valence-corrected chi connectivity index (χ1v) is 11.9. The molecule has 0 radical (unpaired) electrons. The molecule has 3 saturated heterocycles. The van der Waals surface area contributed by atoms with E-state index in [0.29, 0.717) is 19.8 Å². The van der Waals surface area contributed by atoms with Crippen molar-refractivity contribution in [1.29, 1.82) is 0 Å². The molecule has 12 nitrogen and oxygen atoms in total. The number of hydrogen-bond acceptors (Lipinski definition) is 12. The Kier molecular flexibility index (Phi) is 7.95. The van der Waals surface area contributed by atoms with Gasteiger partial charge in [0.1, 0.15) is 23.9 Å². The lowest BCUT2D eigenvalue weighted by Gasteiger charge is -2.60. The summed E-state index contributed by atoms with van der Waals surface area (Å²) in [6.45, 7) is 6.43. The van der Waals surface area contributed by atoms with Gasteiger partial charge in [-0.3, -0.25) is 4.90 Å². The summed E-state index contributed by atoms with van der Waals surface area (Å²) in [6.07, 6.45) is -5.49. The van der Waals surface area contributed by atoms with Gasteiger partial charge in [0.2, 0.25) is 12.1 Å². The number of hydrogen-bond donors (Lipinski definition) is 7. The molecule has 0 aromatic carbocycles. The Morgan fingerprint density at radius 3 is 2.33 bits per heavy atom. The third kappa shape index (κ3) is 4.69. The lowest BCUT2D eigenvalue weighted by Crippen LogP contribution is -2.81. The topological polar surface area (TPSA) is 157 Å². The van der Waals surface area contributed by atoms with Crippen molar-refractivity contribution in [3.05, 3.63) is 0 Å². The second-order valence-electron chi connectivity index (χ2n) is 9.63. The van der Waals surface area contributed by atoms with Crippen LogP contribution in [0.4, 0.5) is 0 Å². The van der Waals surface area contributed by atoms with Gasteiger partial charge in [0, 0.05) is 39.1 Å². The van der Waals surface area contributed by atoms with Gasteiger partial charge in [0.25, 0.3) is 0 Å². The molecule has 3 aliphatic heterocycles. The van der Waals surface area contributed by atoms with Crippen LogP contribution in [-0.2, 0) is 18.9 Å². The zero-order chi connectivity index (χ0) is 23.8. The first-order chi connectivity index (χ1) is 15.7. The molecule has 4 aliphatic rings. The number of nitrogens with one attached hydrogen (secondary N) is 3. The molecule has 0 bridgehead atoms. The summed E-state index contributed by atoms with van der Waals surface area (Å²) in [5, 5.41) is 54.0. The minimum absolute atomic E-state index is 0.0628. The fourth-order valence-corrected chi connectivity index (χ4v) is 5.59. The van der Waals surface area contributed by atoms with Gasteiger partial charge >= 0.3 is 0 Å². The number of morpholine rings is 1. The van der Waals surface area contributed by atoms with Crippen molar-refractivity contribution in [3.63, 3.8) is 0 Å². The Labute approximate surface area is 194 Å². The Morgan fingerprint density at radius 2 is 1.67 bits per heavy atom. The highest BCUT2D eigenvalue weighted by Crippen LogP contribution is 2.46.